The van der Waals surface area contributed by atoms with Crippen LogP contribution in [-0.4, -0.2) is 49.4 Å². The molecule has 0 aliphatic carbocycles. The van der Waals surface area contributed by atoms with Crippen molar-refractivity contribution < 1.29 is 9.59 Å². The van der Waals surface area contributed by atoms with Crippen molar-refractivity contribution in [3.05, 3.63) is 0 Å². The lowest BCUT2D eigenvalue weighted by Crippen LogP contribution is -2.40. The minimum Gasteiger partial charge on any atom is -0.359 e. The predicted molar refractivity (Wildman–Crippen MR) is 71.2 cm³/mol. The summed E-state index contributed by atoms with van der Waals surface area (Å²) in [4.78, 5) is 25.0. The summed E-state index contributed by atoms with van der Waals surface area (Å²) in [6.07, 6.45) is 5.08. The fourth-order valence-electron chi connectivity index (χ4n) is 2.44. The monoisotopic (exact) mass is 262 g/mol. The zero-order valence-corrected chi connectivity index (χ0v) is 11.5. The zero-order valence-electron chi connectivity index (χ0n) is 11.5. The molecule has 1 unspecified atom stereocenters. The smallest absolute Gasteiger partial charge is 0.234 e. The summed E-state index contributed by atoms with van der Waals surface area (Å²) >= 11 is 0. The van der Waals surface area contributed by atoms with Crippen LogP contribution in [0.25, 0.3) is 0 Å². The van der Waals surface area contributed by atoms with Crippen LogP contribution >= 0.6 is 0 Å². The molecule has 5 nitrogen and oxygen atoms in total. The Bertz CT molecular complexity index is 281. The molecule has 104 valence electrons. The first kappa shape index (κ1) is 15.0. The van der Waals surface area contributed by atoms with E-state index in [1.54, 1.807) is 7.05 Å². The molecule has 0 aromatic rings. The van der Waals surface area contributed by atoms with Gasteiger partial charge in [-0.2, -0.15) is 0 Å². The molecule has 0 radical (unpaired) electrons. The van der Waals surface area contributed by atoms with Crippen molar-refractivity contribution >= 4 is 11.8 Å². The SMILES string of the molecule is [13CH3][13CH2]CC1CCC[15N]1[13CH2][13C](=O)NCCC(=O)[15NH][13CH3]. The number of nitrogens with zero attached hydrogens (tertiary/aromatic N) is 1. The highest BCUT2D eigenvalue weighted by Crippen LogP contribution is 2.20. The van der Waals surface area contributed by atoms with Crippen LogP contribution in [0.5, 0.6) is 0 Å². The highest BCUT2D eigenvalue weighted by atomic mass is 16.2. The fourth-order valence-corrected chi connectivity index (χ4v) is 2.44. The Morgan fingerprint density at radius 3 is 2.78 bits per heavy atom. The van der Waals surface area contributed by atoms with Crippen LogP contribution in [0.3, 0.4) is 0 Å². The van der Waals surface area contributed by atoms with Gasteiger partial charge in [0, 0.05) is 26.1 Å². The molecule has 0 saturated carbocycles. The van der Waals surface area contributed by atoms with E-state index in [4.69, 9.17) is 0 Å². The lowest BCUT2D eigenvalue weighted by molar-refractivity contribution is -0.123. The highest BCUT2D eigenvalue weighted by Gasteiger charge is 2.25. The predicted octanol–water partition coefficient (Wildman–Crippen LogP) is 0.503. The molecule has 0 aromatic carbocycles. The van der Waals surface area contributed by atoms with E-state index in [0.717, 1.165) is 6.54 Å². The van der Waals surface area contributed by atoms with Crippen molar-refractivity contribution in [3.63, 3.8) is 0 Å². The van der Waals surface area contributed by atoms with Crippen LogP contribution < -0.4 is 10.6 Å². The van der Waals surface area contributed by atoms with Crippen LogP contribution in [0.2, 0.25) is 0 Å². The molecule has 1 rings (SSSR count). The fraction of sp³-hybridized carbons (Fsp3) is 0.846. The molecule has 1 aliphatic heterocycles. The van der Waals surface area contributed by atoms with Gasteiger partial charge in [-0.05, 0) is 25.8 Å². The van der Waals surface area contributed by atoms with Crippen LogP contribution in [0, 0.1) is 0 Å². The Kier molecular flexibility index (Phi) is 6.72. The summed E-state index contributed by atoms with van der Waals surface area (Å²) in [5.74, 6) is -0.0118. The van der Waals surface area contributed by atoms with Crippen molar-refractivity contribution in [2.75, 3.05) is 26.7 Å². The van der Waals surface area contributed by atoms with E-state index < -0.39 is 0 Å². The highest BCUT2D eigenvalue weighted by molar-refractivity contribution is 5.80. The number of carbonyl (C=O) groups is 2. The minimum absolute atomic E-state index is 0.0295. The molecule has 1 saturated heterocycles. The first-order valence-corrected chi connectivity index (χ1v) is 6.88. The summed E-state index contributed by atoms with van der Waals surface area (Å²) in [5.41, 5.74) is 0. The Balaban J connectivity index is 2.20. The molecule has 0 spiro atoms. The molecule has 0 bridgehead atoms. The van der Waals surface area contributed by atoms with E-state index in [0.29, 0.717) is 25.6 Å². The molecule has 5 heteroatoms. The molecule has 18 heavy (non-hydrogen) atoms. The number of nitrogens with one attached hydrogen (secondary N) is 2. The van der Waals surface area contributed by atoms with Crippen molar-refractivity contribution in [1.29, 1.82) is 0 Å². The third kappa shape index (κ3) is 5.04. The van der Waals surface area contributed by atoms with E-state index >= 15 is 0 Å². The van der Waals surface area contributed by atoms with Gasteiger partial charge in [0.25, 0.3) is 0 Å². The van der Waals surface area contributed by atoms with Crippen LogP contribution in [0.1, 0.15) is 39.0 Å². The number of rotatable bonds is 7. The molecule has 0 aromatic heterocycles. The zero-order chi connectivity index (χ0) is 13.4. The molecule has 1 fully saturated rings. The maximum Gasteiger partial charge on any atom is 0.234 e. The molecule has 1 aliphatic rings. The molecule has 2 amide bonds. The summed E-state index contributed by atoms with van der Waals surface area (Å²) in [5, 5.41) is 5.33. The number of hydrogen-bond donors (Lipinski definition) is 2. The van der Waals surface area contributed by atoms with Gasteiger partial charge in [-0.25, -0.2) is 0 Å². The molecular weight excluding hydrogens is 237 g/mol. The second-order valence-corrected chi connectivity index (χ2v) is 4.83. The molecular formula is C13H25N3O2. The lowest BCUT2D eigenvalue weighted by atomic mass is 10.2. The van der Waals surface area contributed by atoms with E-state index in [1.807, 2.05) is 0 Å². The van der Waals surface area contributed by atoms with Crippen molar-refractivity contribution in [1.82, 2.24) is 15.5 Å². The summed E-state index contributed by atoms with van der Waals surface area (Å²) in [6, 6.07) is 0.569. The number of hydrogen-bond acceptors (Lipinski definition) is 3. The Hall–Kier alpha value is -1.10. The van der Waals surface area contributed by atoms with E-state index in [2.05, 4.69) is 22.5 Å². The van der Waals surface area contributed by atoms with Gasteiger partial charge in [-0.3, -0.25) is 14.5 Å². The largest absolute Gasteiger partial charge is 0.359 e. The maximum absolute atomic E-state index is 11.7. The number of carbonyl (C=O) groups excluding carboxylic acids is 2. The standard InChI is InChI=1S/C13H25N3O2/c1-3-5-11-6-4-9-16(11)10-13(18)15-8-7-12(17)14-2/h11H,3-10H2,1-2H3,(H,14,17)(H,15,18)/i1+1,2+1,3+1,10+1,13+1,14+1,16+1. The van der Waals surface area contributed by atoms with Gasteiger partial charge >= 0.3 is 0 Å². The van der Waals surface area contributed by atoms with Gasteiger partial charge < -0.3 is 10.6 Å². The van der Waals surface area contributed by atoms with Crippen molar-refractivity contribution in [2.24, 2.45) is 0 Å². The Morgan fingerprint density at radius 2 is 2.11 bits per heavy atom. The Labute approximate surface area is 109 Å². The first-order valence-electron chi connectivity index (χ1n) is 6.88. The van der Waals surface area contributed by atoms with Gasteiger partial charge in [0.1, 0.15) is 0 Å². The quantitative estimate of drug-likeness (QED) is 0.519. The van der Waals surface area contributed by atoms with Crippen molar-refractivity contribution in [3.8, 4) is 0 Å². The minimum atomic E-state index is -0.0414. The normalized spacial score (nSPS) is 19.8. The average Bonchev–Trinajstić information content (AvgIpc) is 2.77. The second kappa shape index (κ2) is 8.08. The molecule has 1 heterocycles. The van der Waals surface area contributed by atoms with E-state index in [1.165, 1.54) is 25.7 Å². The molecule has 2 N–H and O–H groups in total. The first-order chi connectivity index (χ1) is 8.67. The third-order valence-corrected chi connectivity index (χ3v) is 3.42. The molecule has 1 atom stereocenters. The third-order valence-electron chi connectivity index (χ3n) is 3.42. The van der Waals surface area contributed by atoms with Crippen LogP contribution in [0.4, 0.5) is 0 Å². The summed E-state index contributed by atoms with van der Waals surface area (Å²) in [7, 11) is 1.60. The average molecular weight is 262 g/mol. The summed E-state index contributed by atoms with van der Waals surface area (Å²) < 4.78 is 0. The van der Waals surface area contributed by atoms with Gasteiger partial charge in [0.2, 0.25) is 11.8 Å². The van der Waals surface area contributed by atoms with Gasteiger partial charge in [0.05, 0.1) is 6.54 Å². The van der Waals surface area contributed by atoms with Crippen LogP contribution in [0.15, 0.2) is 0 Å². The summed E-state index contributed by atoms with van der Waals surface area (Å²) in [6.45, 7) is 4.09. The van der Waals surface area contributed by atoms with Gasteiger partial charge in [0.15, 0.2) is 0 Å². The number of amides is 2. The van der Waals surface area contributed by atoms with Gasteiger partial charge in [-0.15, -0.1) is 0 Å². The van der Waals surface area contributed by atoms with E-state index in [9.17, 15) is 9.59 Å². The maximum atomic E-state index is 11.7. The van der Waals surface area contributed by atoms with Crippen molar-refractivity contribution in [2.45, 2.75) is 45.1 Å². The Morgan fingerprint density at radius 1 is 1.33 bits per heavy atom. The van der Waals surface area contributed by atoms with Gasteiger partial charge in [-0.1, -0.05) is 13.3 Å². The number of likely N-dealkylation sites (tertiary alicyclic amines) is 1. The second-order valence-electron chi connectivity index (χ2n) is 4.83. The van der Waals surface area contributed by atoms with Crippen LogP contribution in [-0.2, 0) is 9.59 Å². The lowest BCUT2D eigenvalue weighted by Gasteiger charge is -2.23. The van der Waals surface area contributed by atoms with E-state index in [-0.39, 0.29) is 11.8 Å². The topological polar surface area (TPSA) is 61.4 Å².